The van der Waals surface area contributed by atoms with Gasteiger partial charge in [-0.15, -0.1) is 0 Å². The van der Waals surface area contributed by atoms with Crippen molar-refractivity contribution in [3.63, 3.8) is 0 Å². The summed E-state index contributed by atoms with van der Waals surface area (Å²) >= 11 is 0. The summed E-state index contributed by atoms with van der Waals surface area (Å²) in [5.74, 6) is 0. The molecule has 0 saturated carbocycles. The Morgan fingerprint density at radius 1 is 1.14 bits per heavy atom. The minimum absolute atomic E-state index is 0.531. The van der Waals surface area contributed by atoms with Gasteiger partial charge in [-0.25, -0.2) is 0 Å². The Bertz CT molecular complexity index is 130. The Balaban J connectivity index is 3.07. The van der Waals surface area contributed by atoms with Gasteiger partial charge in [0, 0.05) is 0 Å². The van der Waals surface area contributed by atoms with Crippen molar-refractivity contribution in [1.29, 1.82) is 0 Å². The lowest BCUT2D eigenvalue weighted by atomic mass is 10.1. The summed E-state index contributed by atoms with van der Waals surface area (Å²) in [4.78, 5) is 2.21. The van der Waals surface area contributed by atoms with E-state index >= 15 is 0 Å². The zero-order chi connectivity index (χ0) is 11.0. The number of nitrogens with zero attached hydrogens (tertiary/aromatic N) is 1. The first-order chi connectivity index (χ1) is 6.42. The summed E-state index contributed by atoms with van der Waals surface area (Å²) in [5, 5.41) is 12.8. The minimum Gasteiger partial charge on any atom is -0.390 e. The maximum Gasteiger partial charge on any atom is 0.0603 e. The predicted octanol–water partition coefficient (Wildman–Crippen LogP) is 1.08. The normalized spacial score (nSPS) is 12.4. The van der Waals surface area contributed by atoms with Crippen molar-refractivity contribution in [2.24, 2.45) is 0 Å². The van der Waals surface area contributed by atoms with E-state index in [9.17, 15) is 5.11 Å². The lowest BCUT2D eigenvalue weighted by Gasteiger charge is -2.17. The van der Waals surface area contributed by atoms with E-state index < -0.39 is 5.60 Å². The fraction of sp³-hybridized carbons (Fsp3) is 1.00. The molecule has 0 aliphatic heterocycles. The van der Waals surface area contributed by atoms with Gasteiger partial charge in [0.15, 0.2) is 0 Å². The molecule has 0 aromatic carbocycles. The van der Waals surface area contributed by atoms with E-state index in [1.54, 1.807) is 0 Å². The summed E-state index contributed by atoms with van der Waals surface area (Å²) < 4.78 is 0. The monoisotopic (exact) mass is 202 g/mol. The average molecular weight is 202 g/mol. The third-order valence-corrected chi connectivity index (χ3v) is 2.12. The smallest absolute Gasteiger partial charge is 0.0603 e. The molecule has 0 atom stereocenters. The van der Waals surface area contributed by atoms with E-state index in [0.717, 1.165) is 26.1 Å². The first-order valence-electron chi connectivity index (χ1n) is 5.49. The molecule has 0 aliphatic rings. The van der Waals surface area contributed by atoms with E-state index in [-0.39, 0.29) is 0 Å². The number of hydrogen-bond donors (Lipinski definition) is 2. The first kappa shape index (κ1) is 13.9. The van der Waals surface area contributed by atoms with Crippen LogP contribution in [0.2, 0.25) is 0 Å². The molecule has 3 heteroatoms. The van der Waals surface area contributed by atoms with E-state index in [4.69, 9.17) is 0 Å². The highest BCUT2D eigenvalue weighted by atomic mass is 16.3. The highest BCUT2D eigenvalue weighted by Crippen LogP contribution is 2.04. The summed E-state index contributed by atoms with van der Waals surface area (Å²) in [6, 6.07) is 0. The second-order valence-corrected chi connectivity index (χ2v) is 4.82. The van der Waals surface area contributed by atoms with Crippen LogP contribution in [-0.4, -0.2) is 49.3 Å². The number of nitrogens with one attached hydrogen (secondary N) is 1. The average Bonchev–Trinajstić information content (AvgIpc) is 2.00. The molecule has 86 valence electrons. The van der Waals surface area contributed by atoms with Gasteiger partial charge in [-0.1, -0.05) is 0 Å². The van der Waals surface area contributed by atoms with Crippen LogP contribution in [0.15, 0.2) is 0 Å². The molecule has 0 bridgehead atoms. The van der Waals surface area contributed by atoms with Gasteiger partial charge in [0.1, 0.15) is 0 Å². The Kier molecular flexibility index (Phi) is 7.15. The van der Waals surface area contributed by atoms with Crippen molar-refractivity contribution in [3.8, 4) is 0 Å². The quantitative estimate of drug-likeness (QED) is 0.578. The highest BCUT2D eigenvalue weighted by molar-refractivity contribution is 4.66. The van der Waals surface area contributed by atoms with Crippen molar-refractivity contribution >= 4 is 0 Å². The van der Waals surface area contributed by atoms with Gasteiger partial charge >= 0.3 is 0 Å². The summed E-state index contributed by atoms with van der Waals surface area (Å²) in [7, 11) is 4.20. The van der Waals surface area contributed by atoms with Gasteiger partial charge in [-0.2, -0.15) is 0 Å². The van der Waals surface area contributed by atoms with Crippen LogP contribution < -0.4 is 5.32 Å². The van der Waals surface area contributed by atoms with Crippen LogP contribution in [0.4, 0.5) is 0 Å². The molecule has 0 saturated heterocycles. The topological polar surface area (TPSA) is 35.5 Å². The maximum atomic E-state index is 9.45. The van der Waals surface area contributed by atoms with Crippen molar-refractivity contribution in [3.05, 3.63) is 0 Å². The van der Waals surface area contributed by atoms with E-state index in [0.29, 0.717) is 0 Å². The third-order valence-electron chi connectivity index (χ3n) is 2.12. The molecule has 0 heterocycles. The predicted molar refractivity (Wildman–Crippen MR) is 61.6 cm³/mol. The molecule has 0 spiro atoms. The molecule has 0 amide bonds. The maximum absolute atomic E-state index is 9.45. The van der Waals surface area contributed by atoms with Crippen molar-refractivity contribution in [2.75, 3.05) is 33.7 Å². The Hall–Kier alpha value is -0.120. The summed E-state index contributed by atoms with van der Waals surface area (Å²) in [6.45, 7) is 6.82. The fourth-order valence-corrected chi connectivity index (χ4v) is 1.20. The zero-order valence-corrected chi connectivity index (χ0v) is 10.1. The summed E-state index contributed by atoms with van der Waals surface area (Å²) in [6.07, 6.45) is 3.27. The molecular formula is C11H26N2O. The van der Waals surface area contributed by atoms with E-state index in [2.05, 4.69) is 24.3 Å². The molecule has 0 aromatic heterocycles. The van der Waals surface area contributed by atoms with Crippen LogP contribution in [-0.2, 0) is 0 Å². The second kappa shape index (κ2) is 7.21. The van der Waals surface area contributed by atoms with Gasteiger partial charge in [0.2, 0.25) is 0 Å². The SMILES string of the molecule is CN(C)CCCCNCCC(C)(C)O. The fourth-order valence-electron chi connectivity index (χ4n) is 1.20. The number of unbranched alkanes of at least 4 members (excludes halogenated alkanes) is 1. The van der Waals surface area contributed by atoms with Crippen LogP contribution in [0, 0.1) is 0 Å². The lowest BCUT2D eigenvalue weighted by Crippen LogP contribution is -2.27. The highest BCUT2D eigenvalue weighted by Gasteiger charge is 2.10. The molecule has 2 N–H and O–H groups in total. The molecule has 0 unspecified atom stereocenters. The van der Waals surface area contributed by atoms with Crippen LogP contribution >= 0.6 is 0 Å². The lowest BCUT2D eigenvalue weighted by molar-refractivity contribution is 0.0712. The largest absolute Gasteiger partial charge is 0.390 e. The van der Waals surface area contributed by atoms with Crippen LogP contribution in [0.5, 0.6) is 0 Å². The summed E-state index contributed by atoms with van der Waals surface area (Å²) in [5.41, 5.74) is -0.531. The van der Waals surface area contributed by atoms with Crippen LogP contribution in [0.25, 0.3) is 0 Å². The van der Waals surface area contributed by atoms with Crippen molar-refractivity contribution in [2.45, 2.75) is 38.7 Å². The number of hydrogen-bond acceptors (Lipinski definition) is 3. The van der Waals surface area contributed by atoms with Crippen LogP contribution in [0.1, 0.15) is 33.1 Å². The second-order valence-electron chi connectivity index (χ2n) is 4.82. The molecule has 0 aliphatic carbocycles. The van der Waals surface area contributed by atoms with Gasteiger partial charge in [-0.3, -0.25) is 0 Å². The van der Waals surface area contributed by atoms with Crippen molar-refractivity contribution < 1.29 is 5.11 Å². The Morgan fingerprint density at radius 2 is 1.79 bits per heavy atom. The van der Waals surface area contributed by atoms with Gasteiger partial charge in [0.25, 0.3) is 0 Å². The Morgan fingerprint density at radius 3 is 2.29 bits per heavy atom. The van der Waals surface area contributed by atoms with Crippen LogP contribution in [0.3, 0.4) is 0 Å². The first-order valence-corrected chi connectivity index (χ1v) is 5.49. The molecule has 14 heavy (non-hydrogen) atoms. The van der Waals surface area contributed by atoms with Gasteiger partial charge < -0.3 is 15.3 Å². The Labute approximate surface area is 88.5 Å². The molecular weight excluding hydrogens is 176 g/mol. The molecule has 0 rings (SSSR count). The molecule has 0 aromatic rings. The number of aliphatic hydroxyl groups is 1. The van der Waals surface area contributed by atoms with Gasteiger partial charge in [0.05, 0.1) is 5.60 Å². The molecule has 3 nitrogen and oxygen atoms in total. The van der Waals surface area contributed by atoms with E-state index in [1.165, 1.54) is 12.8 Å². The van der Waals surface area contributed by atoms with E-state index in [1.807, 2.05) is 13.8 Å². The minimum atomic E-state index is -0.531. The molecule has 0 fully saturated rings. The standard InChI is InChI=1S/C11H26N2O/c1-11(2,14)7-9-12-8-5-6-10-13(3)4/h12,14H,5-10H2,1-4H3. The molecule has 0 radical (unpaired) electrons. The number of rotatable bonds is 8. The third kappa shape index (κ3) is 11.9. The van der Waals surface area contributed by atoms with Crippen molar-refractivity contribution in [1.82, 2.24) is 10.2 Å². The van der Waals surface area contributed by atoms with Gasteiger partial charge in [-0.05, 0) is 66.8 Å². The zero-order valence-electron chi connectivity index (χ0n) is 10.1.